The molecule has 0 heterocycles. The second-order valence-corrected chi connectivity index (χ2v) is 13.1. The molecule has 4 nitrogen and oxygen atoms in total. The van der Waals surface area contributed by atoms with Gasteiger partial charge in [-0.1, -0.05) is 109 Å². The Morgan fingerprint density at radius 3 is 1.31 bits per heavy atom. The SMILES string of the molecule is [C-]#[N+]c1cc(/C=C\c2ccc(N(c3ccccc3)c3cccc(C)c3)cc2)c(C#N)cc1/C=C\c1ccc(N(c2ccccc2)c2cccc(C)c2)cc1. The van der Waals surface area contributed by atoms with Gasteiger partial charge in [-0.05, 0) is 132 Å². The van der Waals surface area contributed by atoms with Crippen molar-refractivity contribution in [2.75, 3.05) is 9.80 Å². The van der Waals surface area contributed by atoms with Crippen molar-refractivity contribution < 1.29 is 0 Å². The lowest BCUT2D eigenvalue weighted by Gasteiger charge is -2.25. The molecular weight excluding hydrogens is 657 g/mol. The van der Waals surface area contributed by atoms with E-state index in [2.05, 4.69) is 156 Å². The van der Waals surface area contributed by atoms with E-state index in [-0.39, 0.29) is 0 Å². The van der Waals surface area contributed by atoms with E-state index in [4.69, 9.17) is 6.57 Å². The molecule has 0 bridgehead atoms. The van der Waals surface area contributed by atoms with Crippen LogP contribution >= 0.6 is 0 Å². The van der Waals surface area contributed by atoms with Crippen molar-refractivity contribution in [3.63, 3.8) is 0 Å². The lowest BCUT2D eigenvalue weighted by atomic mass is 10.0. The summed E-state index contributed by atoms with van der Waals surface area (Å²) in [6.45, 7) is 12.1. The lowest BCUT2D eigenvalue weighted by molar-refractivity contribution is 1.27. The largest absolute Gasteiger partial charge is 0.310 e. The number of hydrogen-bond donors (Lipinski definition) is 0. The lowest BCUT2D eigenvalue weighted by Crippen LogP contribution is -2.09. The fourth-order valence-corrected chi connectivity index (χ4v) is 6.51. The molecule has 0 aliphatic heterocycles. The van der Waals surface area contributed by atoms with Gasteiger partial charge in [-0.2, -0.15) is 5.26 Å². The van der Waals surface area contributed by atoms with Crippen LogP contribution in [0.5, 0.6) is 0 Å². The highest BCUT2D eigenvalue weighted by atomic mass is 15.1. The monoisotopic (exact) mass is 694 g/mol. The molecular formula is C50H38N4. The summed E-state index contributed by atoms with van der Waals surface area (Å²) in [5.74, 6) is 0. The second-order valence-electron chi connectivity index (χ2n) is 13.1. The van der Waals surface area contributed by atoms with Gasteiger partial charge in [-0.15, -0.1) is 0 Å². The van der Waals surface area contributed by atoms with Gasteiger partial charge in [0.05, 0.1) is 18.2 Å². The summed E-state index contributed by atoms with van der Waals surface area (Å²) in [6, 6.07) is 60.3. The van der Waals surface area contributed by atoms with Gasteiger partial charge in [-0.3, -0.25) is 0 Å². The van der Waals surface area contributed by atoms with Crippen LogP contribution in [0, 0.1) is 31.8 Å². The molecule has 0 spiro atoms. The molecule has 4 heteroatoms. The van der Waals surface area contributed by atoms with Crippen molar-refractivity contribution >= 4 is 64.1 Å². The highest BCUT2D eigenvalue weighted by Gasteiger charge is 2.14. The summed E-state index contributed by atoms with van der Waals surface area (Å²) in [7, 11) is 0. The number of para-hydroxylation sites is 2. The maximum Gasteiger partial charge on any atom is 0.194 e. The summed E-state index contributed by atoms with van der Waals surface area (Å²) in [6.07, 6.45) is 7.80. The molecule has 0 saturated carbocycles. The Morgan fingerprint density at radius 1 is 0.463 bits per heavy atom. The predicted octanol–water partition coefficient (Wildman–Crippen LogP) is 14.0. The van der Waals surface area contributed by atoms with E-state index in [0.29, 0.717) is 22.4 Å². The smallest absolute Gasteiger partial charge is 0.194 e. The van der Waals surface area contributed by atoms with E-state index >= 15 is 0 Å². The van der Waals surface area contributed by atoms with Gasteiger partial charge in [0.15, 0.2) is 5.69 Å². The van der Waals surface area contributed by atoms with E-state index < -0.39 is 0 Å². The summed E-state index contributed by atoms with van der Waals surface area (Å²) < 4.78 is 0. The standard InChI is InChI=1S/C50H38N4/c1-37-12-10-18-48(32-37)53(44-14-6-4-7-15-44)46-28-22-39(23-29-46)20-26-41-35-50(52-3)42(34-43(41)36-51)27-21-40-24-30-47(31-25-40)54(45-16-8-5-9-17-45)49-19-11-13-38(2)33-49/h4-35H,1-2H3/b26-20-,27-21-. The van der Waals surface area contributed by atoms with Crippen LogP contribution in [0.25, 0.3) is 29.1 Å². The van der Waals surface area contributed by atoms with Gasteiger partial charge in [0.2, 0.25) is 0 Å². The maximum atomic E-state index is 10.1. The van der Waals surface area contributed by atoms with Gasteiger partial charge >= 0.3 is 0 Å². The van der Waals surface area contributed by atoms with Gasteiger partial charge in [0.25, 0.3) is 0 Å². The van der Waals surface area contributed by atoms with Crippen LogP contribution in [0.4, 0.5) is 39.8 Å². The van der Waals surface area contributed by atoms with Crippen LogP contribution in [0.1, 0.15) is 38.9 Å². The number of anilines is 6. The first-order valence-electron chi connectivity index (χ1n) is 17.8. The highest BCUT2D eigenvalue weighted by molar-refractivity contribution is 5.84. The van der Waals surface area contributed by atoms with E-state index in [1.165, 1.54) is 11.1 Å². The fourth-order valence-electron chi connectivity index (χ4n) is 6.51. The third kappa shape index (κ3) is 8.05. The molecule has 0 unspecified atom stereocenters. The molecule has 0 aliphatic carbocycles. The minimum atomic E-state index is 0.489. The van der Waals surface area contributed by atoms with Crippen LogP contribution in [-0.4, -0.2) is 0 Å². The molecule has 0 aromatic heterocycles. The van der Waals surface area contributed by atoms with Crippen LogP contribution in [0.3, 0.4) is 0 Å². The number of hydrogen-bond acceptors (Lipinski definition) is 3. The molecule has 0 aliphatic rings. The average molecular weight is 695 g/mol. The molecule has 0 saturated heterocycles. The third-order valence-electron chi connectivity index (χ3n) is 9.20. The molecule has 7 aromatic rings. The summed E-state index contributed by atoms with van der Waals surface area (Å²) in [4.78, 5) is 8.30. The van der Waals surface area contributed by atoms with Crippen LogP contribution in [-0.2, 0) is 0 Å². The molecule has 0 N–H and O–H groups in total. The summed E-state index contributed by atoms with van der Waals surface area (Å²) in [5, 5.41) is 10.1. The summed E-state index contributed by atoms with van der Waals surface area (Å²) in [5.41, 5.74) is 13.2. The molecule has 7 rings (SSSR count). The van der Waals surface area contributed by atoms with E-state index in [0.717, 1.165) is 45.3 Å². The van der Waals surface area contributed by atoms with Crippen molar-refractivity contribution in [3.8, 4) is 6.07 Å². The third-order valence-corrected chi connectivity index (χ3v) is 9.20. The number of nitriles is 1. The van der Waals surface area contributed by atoms with Gasteiger partial charge < -0.3 is 9.80 Å². The fraction of sp³-hybridized carbons (Fsp3) is 0.0400. The first-order valence-corrected chi connectivity index (χ1v) is 17.8. The predicted molar refractivity (Wildman–Crippen MR) is 227 cm³/mol. The molecule has 54 heavy (non-hydrogen) atoms. The van der Waals surface area contributed by atoms with E-state index in [9.17, 15) is 5.26 Å². The van der Waals surface area contributed by atoms with Crippen molar-refractivity contribution in [3.05, 3.63) is 220 Å². The zero-order valence-corrected chi connectivity index (χ0v) is 30.3. The molecule has 7 aromatic carbocycles. The van der Waals surface area contributed by atoms with E-state index in [1.54, 1.807) is 12.1 Å². The number of nitrogens with zero attached hydrogens (tertiary/aromatic N) is 4. The van der Waals surface area contributed by atoms with Crippen molar-refractivity contribution in [1.82, 2.24) is 0 Å². The zero-order chi connectivity index (χ0) is 37.3. The molecule has 0 atom stereocenters. The number of benzene rings is 7. The average Bonchev–Trinajstić information content (AvgIpc) is 3.21. The Balaban J connectivity index is 1.11. The second kappa shape index (κ2) is 16.3. The van der Waals surface area contributed by atoms with Crippen LogP contribution in [0.2, 0.25) is 0 Å². The topological polar surface area (TPSA) is 34.6 Å². The Morgan fingerprint density at radius 2 is 0.889 bits per heavy atom. The molecule has 258 valence electrons. The Hall–Kier alpha value is -7.40. The normalized spacial score (nSPS) is 11.0. The molecule has 0 fully saturated rings. The minimum absolute atomic E-state index is 0.489. The van der Waals surface area contributed by atoms with E-state index in [1.807, 2.05) is 60.7 Å². The summed E-state index contributed by atoms with van der Waals surface area (Å²) >= 11 is 0. The minimum Gasteiger partial charge on any atom is -0.310 e. The van der Waals surface area contributed by atoms with Gasteiger partial charge in [-0.25, -0.2) is 4.85 Å². The first-order chi connectivity index (χ1) is 26.5. The number of aryl methyl sites for hydroxylation is 2. The Kier molecular flexibility index (Phi) is 10.6. The first kappa shape index (κ1) is 35.0. The maximum absolute atomic E-state index is 10.1. The van der Waals surface area contributed by atoms with Crippen molar-refractivity contribution in [1.29, 1.82) is 5.26 Å². The van der Waals surface area contributed by atoms with Crippen LogP contribution in [0.15, 0.2) is 170 Å². The quantitative estimate of drug-likeness (QED) is 0.106. The number of rotatable bonds is 10. The van der Waals surface area contributed by atoms with Gasteiger partial charge in [0.1, 0.15) is 0 Å². The van der Waals surface area contributed by atoms with Crippen LogP contribution < -0.4 is 9.80 Å². The Bertz CT molecular complexity index is 2340. The Labute approximate surface area is 318 Å². The van der Waals surface area contributed by atoms with Crippen molar-refractivity contribution in [2.45, 2.75) is 13.8 Å². The molecule has 0 radical (unpaired) electrons. The van der Waals surface area contributed by atoms with Gasteiger partial charge in [0, 0.05) is 34.1 Å². The van der Waals surface area contributed by atoms with Crippen molar-refractivity contribution in [2.24, 2.45) is 0 Å². The zero-order valence-electron chi connectivity index (χ0n) is 30.3. The molecule has 0 amide bonds. The highest BCUT2D eigenvalue weighted by Crippen LogP contribution is 2.37.